The third-order valence-electron chi connectivity index (χ3n) is 4.44. The van der Waals surface area contributed by atoms with Gasteiger partial charge in [-0.25, -0.2) is 0 Å². The highest BCUT2D eigenvalue weighted by Crippen LogP contribution is 2.28. The Hall–Kier alpha value is -2.08. The number of nitrogens with one attached hydrogen (secondary N) is 2. The van der Waals surface area contributed by atoms with E-state index in [-0.39, 0.29) is 11.8 Å². The van der Waals surface area contributed by atoms with Gasteiger partial charge < -0.3 is 20.3 Å². The second-order valence-corrected chi connectivity index (χ2v) is 7.73. The summed E-state index contributed by atoms with van der Waals surface area (Å²) in [6.07, 6.45) is 3.04. The molecule has 1 heterocycles. The fraction of sp³-hybridized carbons (Fsp3) is 0.600. The number of hydrogen-bond acceptors (Lipinski definition) is 4. The Labute approximate surface area is 156 Å². The average molecular weight is 361 g/mol. The van der Waals surface area contributed by atoms with Crippen LogP contribution in [0.25, 0.3) is 0 Å². The van der Waals surface area contributed by atoms with Crippen molar-refractivity contribution in [1.29, 1.82) is 0 Å². The molecule has 1 aromatic rings. The fourth-order valence-electron chi connectivity index (χ4n) is 2.86. The average Bonchev–Trinajstić information content (AvgIpc) is 3.12. The molecular weight excluding hydrogens is 330 g/mol. The molecule has 1 aromatic carbocycles. The Morgan fingerprint density at radius 1 is 1.19 bits per heavy atom. The summed E-state index contributed by atoms with van der Waals surface area (Å²) < 4.78 is 5.02. The third kappa shape index (κ3) is 5.46. The van der Waals surface area contributed by atoms with Crippen LogP contribution in [0.3, 0.4) is 0 Å². The van der Waals surface area contributed by atoms with Crippen LogP contribution in [0.4, 0.5) is 11.4 Å². The number of rotatable bonds is 7. The van der Waals surface area contributed by atoms with Gasteiger partial charge in [-0.15, -0.1) is 0 Å². The summed E-state index contributed by atoms with van der Waals surface area (Å²) in [5.74, 6) is -0.187. The topological polar surface area (TPSA) is 70.7 Å². The largest absolute Gasteiger partial charge is 0.385 e. The molecular formula is C20H31N3O3. The Morgan fingerprint density at radius 3 is 2.50 bits per heavy atom. The maximum atomic E-state index is 12.7. The van der Waals surface area contributed by atoms with Gasteiger partial charge in [0, 0.05) is 50.1 Å². The first kappa shape index (κ1) is 20.2. The quantitative estimate of drug-likeness (QED) is 0.733. The lowest BCUT2D eigenvalue weighted by atomic mass is 9.95. The van der Waals surface area contributed by atoms with E-state index in [2.05, 4.69) is 15.5 Å². The van der Waals surface area contributed by atoms with E-state index in [9.17, 15) is 9.59 Å². The standard InChI is InChI=1S/C20H31N3O3/c1-20(2,3)19(25)22-15-8-9-17(23-11-5-6-12-23)16(14-15)18(24)21-10-7-13-26-4/h8-9,14H,5-7,10-13H2,1-4H3,(H,21,24)(H,22,25). The number of methoxy groups -OCH3 is 1. The van der Waals surface area contributed by atoms with Crippen molar-refractivity contribution in [2.75, 3.05) is 43.6 Å². The zero-order valence-corrected chi connectivity index (χ0v) is 16.4. The van der Waals surface area contributed by atoms with Gasteiger partial charge in [0.15, 0.2) is 0 Å². The Bertz CT molecular complexity index is 632. The predicted molar refractivity (Wildman–Crippen MR) is 105 cm³/mol. The highest BCUT2D eigenvalue weighted by atomic mass is 16.5. The molecule has 1 saturated heterocycles. The number of amides is 2. The molecule has 0 aliphatic carbocycles. The molecule has 0 radical (unpaired) electrons. The fourth-order valence-corrected chi connectivity index (χ4v) is 2.86. The van der Waals surface area contributed by atoms with Crippen LogP contribution in [0.1, 0.15) is 50.4 Å². The minimum absolute atomic E-state index is 0.0714. The molecule has 1 aliphatic heterocycles. The van der Waals surface area contributed by atoms with Gasteiger partial charge in [0.05, 0.1) is 5.56 Å². The highest BCUT2D eigenvalue weighted by Gasteiger charge is 2.23. The summed E-state index contributed by atoms with van der Waals surface area (Å²) in [7, 11) is 1.65. The first-order valence-corrected chi connectivity index (χ1v) is 9.30. The summed E-state index contributed by atoms with van der Waals surface area (Å²) in [6.45, 7) is 8.68. The van der Waals surface area contributed by atoms with Crippen LogP contribution in [0.15, 0.2) is 18.2 Å². The summed E-state index contributed by atoms with van der Waals surface area (Å²) in [4.78, 5) is 27.2. The van der Waals surface area contributed by atoms with Crippen molar-refractivity contribution in [3.8, 4) is 0 Å². The molecule has 0 atom stereocenters. The number of benzene rings is 1. The van der Waals surface area contributed by atoms with Crippen molar-refractivity contribution in [2.24, 2.45) is 5.41 Å². The normalized spacial score (nSPS) is 14.4. The minimum atomic E-state index is -0.490. The Morgan fingerprint density at radius 2 is 1.88 bits per heavy atom. The van der Waals surface area contributed by atoms with E-state index in [0.717, 1.165) is 38.0 Å². The van der Waals surface area contributed by atoms with Crippen LogP contribution in [-0.4, -0.2) is 45.2 Å². The van der Waals surface area contributed by atoms with Gasteiger partial charge in [-0.05, 0) is 37.5 Å². The molecule has 26 heavy (non-hydrogen) atoms. The van der Waals surface area contributed by atoms with Crippen LogP contribution in [0.5, 0.6) is 0 Å². The summed E-state index contributed by atoms with van der Waals surface area (Å²) in [5.41, 5.74) is 1.70. The van der Waals surface area contributed by atoms with Crippen molar-refractivity contribution in [3.05, 3.63) is 23.8 Å². The van der Waals surface area contributed by atoms with Crippen molar-refractivity contribution < 1.29 is 14.3 Å². The number of carbonyl (C=O) groups excluding carboxylic acids is 2. The van der Waals surface area contributed by atoms with Crippen LogP contribution < -0.4 is 15.5 Å². The molecule has 0 spiro atoms. The van der Waals surface area contributed by atoms with Gasteiger partial charge in [0.1, 0.15) is 0 Å². The summed E-state index contributed by atoms with van der Waals surface area (Å²) in [6, 6.07) is 5.59. The summed E-state index contributed by atoms with van der Waals surface area (Å²) in [5, 5.41) is 5.86. The van der Waals surface area contributed by atoms with E-state index >= 15 is 0 Å². The van der Waals surface area contributed by atoms with Crippen molar-refractivity contribution in [1.82, 2.24) is 5.32 Å². The molecule has 6 nitrogen and oxygen atoms in total. The van der Waals surface area contributed by atoms with E-state index in [0.29, 0.717) is 24.4 Å². The van der Waals surface area contributed by atoms with Gasteiger partial charge >= 0.3 is 0 Å². The maximum Gasteiger partial charge on any atom is 0.253 e. The Kier molecular flexibility index (Phi) is 7.03. The first-order chi connectivity index (χ1) is 12.3. The van der Waals surface area contributed by atoms with E-state index in [1.165, 1.54) is 0 Å². The van der Waals surface area contributed by atoms with Gasteiger partial charge in [0.2, 0.25) is 5.91 Å². The van der Waals surface area contributed by atoms with Gasteiger partial charge in [-0.1, -0.05) is 20.8 Å². The Balaban J connectivity index is 2.20. The first-order valence-electron chi connectivity index (χ1n) is 9.30. The smallest absolute Gasteiger partial charge is 0.253 e. The zero-order chi connectivity index (χ0) is 19.2. The maximum absolute atomic E-state index is 12.7. The van der Waals surface area contributed by atoms with E-state index < -0.39 is 5.41 Å². The summed E-state index contributed by atoms with van der Waals surface area (Å²) >= 11 is 0. The van der Waals surface area contributed by atoms with E-state index in [1.54, 1.807) is 13.2 Å². The van der Waals surface area contributed by atoms with Crippen molar-refractivity contribution >= 4 is 23.2 Å². The van der Waals surface area contributed by atoms with Gasteiger partial charge in [-0.3, -0.25) is 9.59 Å². The molecule has 2 N–H and O–H groups in total. The van der Waals surface area contributed by atoms with Crippen LogP contribution >= 0.6 is 0 Å². The number of ether oxygens (including phenoxy) is 1. The van der Waals surface area contributed by atoms with Crippen LogP contribution in [0.2, 0.25) is 0 Å². The SMILES string of the molecule is COCCCNC(=O)c1cc(NC(=O)C(C)(C)C)ccc1N1CCCC1. The van der Waals surface area contributed by atoms with Crippen LogP contribution in [-0.2, 0) is 9.53 Å². The van der Waals surface area contributed by atoms with Crippen molar-refractivity contribution in [3.63, 3.8) is 0 Å². The van der Waals surface area contributed by atoms with Crippen LogP contribution in [0, 0.1) is 5.41 Å². The molecule has 144 valence electrons. The molecule has 0 unspecified atom stereocenters. The highest BCUT2D eigenvalue weighted by molar-refractivity contribution is 6.02. The molecule has 0 saturated carbocycles. The minimum Gasteiger partial charge on any atom is -0.385 e. The molecule has 2 rings (SSSR count). The molecule has 0 bridgehead atoms. The predicted octanol–water partition coefficient (Wildman–Crippen LogP) is 3.04. The second kappa shape index (κ2) is 9.03. The lowest BCUT2D eigenvalue weighted by Crippen LogP contribution is -2.30. The van der Waals surface area contributed by atoms with Gasteiger partial charge in [0.25, 0.3) is 5.91 Å². The van der Waals surface area contributed by atoms with E-state index in [4.69, 9.17) is 4.74 Å². The number of hydrogen-bond donors (Lipinski definition) is 2. The molecule has 6 heteroatoms. The zero-order valence-electron chi connectivity index (χ0n) is 16.4. The van der Waals surface area contributed by atoms with E-state index in [1.807, 2.05) is 32.9 Å². The number of nitrogens with zero attached hydrogens (tertiary/aromatic N) is 1. The lowest BCUT2D eigenvalue weighted by molar-refractivity contribution is -0.123. The monoisotopic (exact) mass is 361 g/mol. The number of anilines is 2. The molecule has 1 fully saturated rings. The third-order valence-corrected chi connectivity index (χ3v) is 4.44. The molecule has 0 aromatic heterocycles. The lowest BCUT2D eigenvalue weighted by Gasteiger charge is -2.23. The van der Waals surface area contributed by atoms with Gasteiger partial charge in [-0.2, -0.15) is 0 Å². The second-order valence-electron chi connectivity index (χ2n) is 7.73. The molecule has 1 aliphatic rings. The molecule has 2 amide bonds. The number of carbonyl (C=O) groups is 2. The van der Waals surface area contributed by atoms with Crippen molar-refractivity contribution in [2.45, 2.75) is 40.0 Å².